The molecular formula is C20H21N3O. The molecule has 4 rings (SSSR count). The molecule has 0 saturated carbocycles. The molecule has 1 unspecified atom stereocenters. The summed E-state index contributed by atoms with van der Waals surface area (Å²) >= 11 is 0. The number of rotatable bonds is 2. The van der Waals surface area contributed by atoms with E-state index in [1.807, 2.05) is 4.68 Å². The van der Waals surface area contributed by atoms with Crippen molar-refractivity contribution in [2.45, 2.75) is 32.4 Å². The van der Waals surface area contributed by atoms with Gasteiger partial charge in [-0.15, -0.1) is 5.10 Å². The fourth-order valence-corrected chi connectivity index (χ4v) is 3.53. The Morgan fingerprint density at radius 1 is 1.04 bits per heavy atom. The van der Waals surface area contributed by atoms with Gasteiger partial charge in [0.15, 0.2) is 0 Å². The summed E-state index contributed by atoms with van der Waals surface area (Å²) in [5, 5.41) is 9.00. The molecule has 1 aromatic heterocycles. The quantitative estimate of drug-likeness (QED) is 0.701. The van der Waals surface area contributed by atoms with Gasteiger partial charge in [0.25, 0.3) is 0 Å². The maximum Gasteiger partial charge on any atom is 0.121 e. The smallest absolute Gasteiger partial charge is 0.121 e. The lowest BCUT2D eigenvalue weighted by Gasteiger charge is -2.24. The van der Waals surface area contributed by atoms with Crippen molar-refractivity contribution < 1.29 is 4.74 Å². The lowest BCUT2D eigenvalue weighted by Crippen LogP contribution is -2.12. The van der Waals surface area contributed by atoms with Crippen LogP contribution in [0.4, 0.5) is 0 Å². The third-order valence-corrected chi connectivity index (χ3v) is 4.71. The summed E-state index contributed by atoms with van der Waals surface area (Å²) in [4.78, 5) is 0. The Balaban J connectivity index is 2.09. The van der Waals surface area contributed by atoms with Crippen LogP contribution in [0.15, 0.2) is 48.5 Å². The summed E-state index contributed by atoms with van der Waals surface area (Å²) in [6, 6.07) is 17.1. The fraction of sp³-hybridized carbons (Fsp3) is 0.300. The molecule has 0 spiro atoms. The van der Waals surface area contributed by atoms with E-state index in [0.717, 1.165) is 28.9 Å². The zero-order valence-corrected chi connectivity index (χ0v) is 14.2. The predicted molar refractivity (Wildman–Crippen MR) is 94.7 cm³/mol. The highest BCUT2D eigenvalue weighted by Gasteiger charge is 2.28. The molecule has 0 bridgehead atoms. The molecule has 1 aliphatic carbocycles. The lowest BCUT2D eigenvalue weighted by atomic mass is 9.87. The summed E-state index contributed by atoms with van der Waals surface area (Å²) in [6.45, 7) is 4.27. The van der Waals surface area contributed by atoms with Crippen LogP contribution in [0.1, 0.15) is 37.1 Å². The Morgan fingerprint density at radius 2 is 1.75 bits per heavy atom. The predicted octanol–water partition coefficient (Wildman–Crippen LogP) is 4.44. The molecule has 4 heteroatoms. The molecular weight excluding hydrogens is 298 g/mol. The fourth-order valence-electron chi connectivity index (χ4n) is 3.53. The van der Waals surface area contributed by atoms with E-state index in [-0.39, 0.29) is 12.1 Å². The molecule has 4 nitrogen and oxygen atoms in total. The molecule has 3 aromatic rings. The van der Waals surface area contributed by atoms with Gasteiger partial charge in [0.1, 0.15) is 5.69 Å². The van der Waals surface area contributed by atoms with E-state index in [0.29, 0.717) is 0 Å². The molecule has 122 valence electrons. The van der Waals surface area contributed by atoms with Crippen molar-refractivity contribution in [2.24, 2.45) is 0 Å². The second kappa shape index (κ2) is 5.87. The molecule has 0 aliphatic heterocycles. The van der Waals surface area contributed by atoms with Crippen LogP contribution in [0.2, 0.25) is 0 Å². The molecule has 1 aliphatic rings. The first kappa shape index (κ1) is 15.1. The summed E-state index contributed by atoms with van der Waals surface area (Å²) in [6.07, 6.45) is 0.850. The second-order valence-corrected chi connectivity index (χ2v) is 6.50. The van der Waals surface area contributed by atoms with Gasteiger partial charge in [0, 0.05) is 30.7 Å². The Bertz CT molecular complexity index is 882. The number of fused-ring (bicyclic) bond motifs is 5. The van der Waals surface area contributed by atoms with Crippen LogP contribution < -0.4 is 0 Å². The van der Waals surface area contributed by atoms with Crippen LogP contribution >= 0.6 is 0 Å². The molecule has 24 heavy (non-hydrogen) atoms. The number of benzene rings is 2. The number of hydrogen-bond acceptors (Lipinski definition) is 3. The van der Waals surface area contributed by atoms with Crippen molar-refractivity contribution >= 4 is 0 Å². The Morgan fingerprint density at radius 3 is 2.50 bits per heavy atom. The number of nitrogens with zero attached hydrogens (tertiary/aromatic N) is 3. The Labute approximate surface area is 142 Å². The Kier molecular flexibility index (Phi) is 3.69. The molecule has 1 heterocycles. The number of aromatic nitrogens is 3. The summed E-state index contributed by atoms with van der Waals surface area (Å²) < 4.78 is 7.87. The van der Waals surface area contributed by atoms with Crippen molar-refractivity contribution in [3.8, 4) is 22.5 Å². The van der Waals surface area contributed by atoms with Crippen LogP contribution in [0.5, 0.6) is 0 Å². The lowest BCUT2D eigenvalue weighted by molar-refractivity contribution is 0.104. The van der Waals surface area contributed by atoms with E-state index in [2.05, 4.69) is 72.7 Å². The number of ether oxygens (including phenoxy) is 1. The summed E-state index contributed by atoms with van der Waals surface area (Å²) in [5.41, 5.74) is 6.79. The van der Waals surface area contributed by atoms with Crippen LogP contribution in [0.25, 0.3) is 22.5 Å². The number of methoxy groups -OCH3 is 1. The molecule has 0 amide bonds. The van der Waals surface area contributed by atoms with Gasteiger partial charge in [0.2, 0.25) is 0 Å². The van der Waals surface area contributed by atoms with Crippen LogP contribution in [-0.4, -0.2) is 22.1 Å². The Hall–Kier alpha value is -2.46. The van der Waals surface area contributed by atoms with Crippen molar-refractivity contribution in [1.29, 1.82) is 0 Å². The number of hydrogen-bond donors (Lipinski definition) is 0. The van der Waals surface area contributed by atoms with Crippen LogP contribution in [0, 0.1) is 0 Å². The van der Waals surface area contributed by atoms with Crippen LogP contribution in [0.3, 0.4) is 0 Å². The minimum absolute atomic E-state index is 0.0195. The molecule has 1 atom stereocenters. The zero-order valence-electron chi connectivity index (χ0n) is 14.2. The summed E-state index contributed by atoms with van der Waals surface area (Å²) in [5.74, 6) is 0. The maximum atomic E-state index is 5.85. The topological polar surface area (TPSA) is 39.9 Å². The minimum atomic E-state index is 0.0195. The third kappa shape index (κ3) is 2.26. The van der Waals surface area contributed by atoms with Gasteiger partial charge in [-0.1, -0.05) is 53.7 Å². The van der Waals surface area contributed by atoms with E-state index in [4.69, 9.17) is 4.74 Å². The summed E-state index contributed by atoms with van der Waals surface area (Å²) in [7, 11) is 1.78. The highest BCUT2D eigenvalue weighted by atomic mass is 16.5. The normalized spacial score (nSPS) is 16.1. The average Bonchev–Trinajstić information content (AvgIpc) is 3.03. The molecule has 0 fully saturated rings. The van der Waals surface area contributed by atoms with Crippen LogP contribution in [-0.2, 0) is 11.2 Å². The standard InChI is InChI=1S/C20H21N3O/c1-13(2)23-20-17-11-7-6-10-16(17)18(24-3)12-14-8-4-5-9-15(14)19(20)21-22-23/h4-11,13,18H,12H2,1-3H3. The van der Waals surface area contributed by atoms with Gasteiger partial charge in [-0.2, -0.15) is 0 Å². The van der Waals surface area contributed by atoms with E-state index >= 15 is 0 Å². The van der Waals surface area contributed by atoms with E-state index < -0.39 is 0 Å². The van der Waals surface area contributed by atoms with Gasteiger partial charge in [-0.05, 0) is 25.0 Å². The average molecular weight is 319 g/mol. The van der Waals surface area contributed by atoms with E-state index in [1.54, 1.807) is 7.11 Å². The minimum Gasteiger partial charge on any atom is -0.376 e. The van der Waals surface area contributed by atoms with E-state index in [1.165, 1.54) is 11.1 Å². The third-order valence-electron chi connectivity index (χ3n) is 4.71. The highest BCUT2D eigenvalue weighted by molar-refractivity contribution is 5.82. The van der Waals surface area contributed by atoms with E-state index in [9.17, 15) is 0 Å². The molecule has 0 radical (unpaired) electrons. The molecule has 2 aromatic carbocycles. The van der Waals surface area contributed by atoms with Gasteiger partial charge in [0.05, 0.1) is 11.8 Å². The molecule has 0 N–H and O–H groups in total. The van der Waals surface area contributed by atoms with Gasteiger partial charge in [-0.25, -0.2) is 4.68 Å². The largest absolute Gasteiger partial charge is 0.376 e. The van der Waals surface area contributed by atoms with Crippen molar-refractivity contribution in [1.82, 2.24) is 15.0 Å². The first-order chi connectivity index (χ1) is 11.7. The van der Waals surface area contributed by atoms with Gasteiger partial charge >= 0.3 is 0 Å². The van der Waals surface area contributed by atoms with Crippen molar-refractivity contribution in [3.05, 3.63) is 59.7 Å². The first-order valence-electron chi connectivity index (χ1n) is 8.36. The molecule has 0 saturated heterocycles. The zero-order chi connectivity index (χ0) is 16.7. The highest BCUT2D eigenvalue weighted by Crippen LogP contribution is 2.41. The SMILES string of the molecule is COC1Cc2ccccc2-c2nnn(C(C)C)c2-c2ccccc21. The van der Waals surface area contributed by atoms with Crippen molar-refractivity contribution in [3.63, 3.8) is 0 Å². The van der Waals surface area contributed by atoms with Gasteiger partial charge in [-0.3, -0.25) is 0 Å². The van der Waals surface area contributed by atoms with Gasteiger partial charge < -0.3 is 4.74 Å². The first-order valence-corrected chi connectivity index (χ1v) is 8.36. The monoisotopic (exact) mass is 319 g/mol. The maximum absolute atomic E-state index is 5.85. The van der Waals surface area contributed by atoms with Crippen molar-refractivity contribution in [2.75, 3.05) is 7.11 Å². The second-order valence-electron chi connectivity index (χ2n) is 6.50.